The summed E-state index contributed by atoms with van der Waals surface area (Å²) in [5.74, 6) is 0.490. The molecule has 0 radical (unpaired) electrons. The van der Waals surface area contributed by atoms with Gasteiger partial charge in [0.1, 0.15) is 5.16 Å². The largest absolute Gasteiger partial charge is 0.245 e. The smallest absolute Gasteiger partial charge is 0.125 e. The van der Waals surface area contributed by atoms with E-state index in [4.69, 9.17) is 11.6 Å². The molecule has 11 heavy (non-hydrogen) atoms. The Labute approximate surface area is 73.5 Å². The maximum absolute atomic E-state index is 5.75. The third-order valence-electron chi connectivity index (χ3n) is 1.37. The molecule has 0 fully saturated rings. The molecule has 1 unspecified atom stereocenters. The Morgan fingerprint density at radius 2 is 2.36 bits per heavy atom. The Morgan fingerprint density at radius 3 is 2.82 bits per heavy atom. The summed E-state index contributed by atoms with van der Waals surface area (Å²) < 4.78 is 0. The number of aliphatic imine (C=N–C) groups is 1. The van der Waals surface area contributed by atoms with Crippen molar-refractivity contribution in [3.05, 3.63) is 23.9 Å². The monoisotopic (exact) mass is 171 g/mol. The van der Waals surface area contributed by atoms with Gasteiger partial charge < -0.3 is 0 Å². The molecule has 0 bridgehead atoms. The van der Waals surface area contributed by atoms with Crippen LogP contribution >= 0.6 is 11.6 Å². The fourth-order valence-electron chi connectivity index (χ4n) is 0.520. The van der Waals surface area contributed by atoms with Crippen LogP contribution < -0.4 is 0 Å². The number of halogens is 1. The molecule has 62 valence electrons. The quantitative estimate of drug-likeness (QED) is 0.454. The Kier molecular flexibility index (Phi) is 5.86. The highest BCUT2D eigenvalue weighted by molar-refractivity contribution is 6.29. The molecule has 1 atom stereocenters. The molecule has 0 saturated carbocycles. The van der Waals surface area contributed by atoms with Crippen molar-refractivity contribution in [2.24, 2.45) is 10.9 Å². The van der Waals surface area contributed by atoms with Gasteiger partial charge in [-0.2, -0.15) is 0 Å². The molecule has 0 saturated heterocycles. The van der Waals surface area contributed by atoms with Crippen molar-refractivity contribution in [2.75, 3.05) is 0 Å². The van der Waals surface area contributed by atoms with Crippen molar-refractivity contribution in [1.82, 2.24) is 0 Å². The lowest BCUT2D eigenvalue weighted by atomic mass is 10.1. The van der Waals surface area contributed by atoms with Gasteiger partial charge in [0.25, 0.3) is 0 Å². The van der Waals surface area contributed by atoms with Crippen LogP contribution in [-0.2, 0) is 0 Å². The summed E-state index contributed by atoms with van der Waals surface area (Å²) in [5, 5.41) is 0.541. The third-order valence-corrected chi connectivity index (χ3v) is 1.59. The molecule has 0 N–H and O–H groups in total. The van der Waals surface area contributed by atoms with Gasteiger partial charge in [0.2, 0.25) is 0 Å². The maximum Gasteiger partial charge on any atom is 0.125 e. The van der Waals surface area contributed by atoms with E-state index in [-0.39, 0.29) is 0 Å². The second-order valence-corrected chi connectivity index (χ2v) is 2.78. The molecular formula is C9H14ClN. The Bertz CT molecular complexity index is 170. The summed E-state index contributed by atoms with van der Waals surface area (Å²) in [4.78, 5) is 3.91. The minimum atomic E-state index is 0.490. The van der Waals surface area contributed by atoms with Crippen LogP contribution in [0.3, 0.4) is 0 Å². The highest BCUT2D eigenvalue weighted by atomic mass is 35.5. The van der Waals surface area contributed by atoms with E-state index in [0.29, 0.717) is 11.1 Å². The van der Waals surface area contributed by atoms with E-state index in [2.05, 4.69) is 25.4 Å². The summed E-state index contributed by atoms with van der Waals surface area (Å²) in [6.45, 7) is 7.71. The molecule has 1 nitrogen and oxygen atoms in total. The van der Waals surface area contributed by atoms with Crippen LogP contribution in [0.4, 0.5) is 0 Å². The van der Waals surface area contributed by atoms with Gasteiger partial charge in [0, 0.05) is 6.21 Å². The molecular weight excluding hydrogens is 158 g/mol. The fourth-order valence-corrected chi connectivity index (χ4v) is 0.791. The van der Waals surface area contributed by atoms with Gasteiger partial charge in [-0.1, -0.05) is 38.1 Å². The summed E-state index contributed by atoms with van der Waals surface area (Å²) in [6.07, 6.45) is 6.20. The standard InChI is InChI=1S/C9H14ClN/c1-4-6-11-9(10)7-8(3)5-2/h4,6-8H,1,5H2,2-3H3/b9-7-,11-6?. The minimum absolute atomic E-state index is 0.490. The SMILES string of the molecule is C=CC=N/C(Cl)=C\C(C)CC. The molecule has 0 aromatic carbocycles. The minimum Gasteiger partial charge on any atom is -0.245 e. The predicted octanol–water partition coefficient (Wildman–Crippen LogP) is 3.37. The molecule has 0 amide bonds. The van der Waals surface area contributed by atoms with Crippen LogP contribution in [0.1, 0.15) is 20.3 Å². The van der Waals surface area contributed by atoms with Gasteiger partial charge in [-0.3, -0.25) is 0 Å². The van der Waals surface area contributed by atoms with Crippen molar-refractivity contribution >= 4 is 17.8 Å². The molecule has 0 spiro atoms. The van der Waals surface area contributed by atoms with Crippen molar-refractivity contribution in [3.8, 4) is 0 Å². The summed E-state index contributed by atoms with van der Waals surface area (Å²) in [6, 6.07) is 0. The zero-order chi connectivity index (χ0) is 8.69. The van der Waals surface area contributed by atoms with Crippen LogP contribution in [0.25, 0.3) is 0 Å². The molecule has 0 aromatic heterocycles. The van der Waals surface area contributed by atoms with E-state index >= 15 is 0 Å². The van der Waals surface area contributed by atoms with Gasteiger partial charge in [0.15, 0.2) is 0 Å². The summed E-state index contributed by atoms with van der Waals surface area (Å²) in [7, 11) is 0. The molecule has 0 aliphatic heterocycles. The van der Waals surface area contributed by atoms with Gasteiger partial charge >= 0.3 is 0 Å². The molecule has 0 rings (SSSR count). The lowest BCUT2D eigenvalue weighted by molar-refractivity contribution is 0.695. The van der Waals surface area contributed by atoms with Crippen molar-refractivity contribution in [2.45, 2.75) is 20.3 Å². The van der Waals surface area contributed by atoms with E-state index in [9.17, 15) is 0 Å². The van der Waals surface area contributed by atoms with Crippen LogP contribution in [0.2, 0.25) is 0 Å². The van der Waals surface area contributed by atoms with Gasteiger partial charge in [-0.15, -0.1) is 0 Å². The van der Waals surface area contributed by atoms with E-state index in [1.165, 1.54) is 0 Å². The molecule has 2 heteroatoms. The van der Waals surface area contributed by atoms with Crippen LogP contribution in [0.15, 0.2) is 28.9 Å². The number of hydrogen-bond donors (Lipinski definition) is 0. The first-order valence-electron chi connectivity index (χ1n) is 3.73. The number of allylic oxidation sites excluding steroid dienone is 2. The Morgan fingerprint density at radius 1 is 1.73 bits per heavy atom. The predicted molar refractivity (Wildman–Crippen MR) is 52.1 cm³/mol. The van der Waals surface area contributed by atoms with Crippen LogP contribution in [0.5, 0.6) is 0 Å². The highest BCUT2D eigenvalue weighted by Gasteiger charge is 1.93. The average molecular weight is 172 g/mol. The number of hydrogen-bond acceptors (Lipinski definition) is 1. The van der Waals surface area contributed by atoms with Crippen LogP contribution in [0, 0.1) is 5.92 Å². The van der Waals surface area contributed by atoms with Crippen molar-refractivity contribution in [1.29, 1.82) is 0 Å². The van der Waals surface area contributed by atoms with Gasteiger partial charge in [0.05, 0.1) is 0 Å². The maximum atomic E-state index is 5.75. The fraction of sp³-hybridized carbons (Fsp3) is 0.444. The first kappa shape index (κ1) is 10.4. The first-order chi connectivity index (χ1) is 5.20. The van der Waals surface area contributed by atoms with Crippen LogP contribution in [-0.4, -0.2) is 6.21 Å². The van der Waals surface area contributed by atoms with E-state index < -0.39 is 0 Å². The van der Waals surface area contributed by atoms with Gasteiger partial charge in [-0.05, 0) is 18.4 Å². The molecule has 0 aromatic rings. The third kappa shape index (κ3) is 5.86. The van der Waals surface area contributed by atoms with E-state index in [1.54, 1.807) is 12.3 Å². The number of rotatable bonds is 4. The molecule has 0 aliphatic carbocycles. The zero-order valence-corrected chi connectivity index (χ0v) is 7.80. The highest BCUT2D eigenvalue weighted by Crippen LogP contribution is 2.10. The lowest BCUT2D eigenvalue weighted by Gasteiger charge is -1.98. The van der Waals surface area contributed by atoms with Crippen molar-refractivity contribution in [3.63, 3.8) is 0 Å². The second-order valence-electron chi connectivity index (χ2n) is 2.39. The first-order valence-corrected chi connectivity index (χ1v) is 4.11. The molecule has 0 heterocycles. The van der Waals surface area contributed by atoms with E-state index in [0.717, 1.165) is 6.42 Å². The zero-order valence-electron chi connectivity index (χ0n) is 7.05. The normalized spacial score (nSPS) is 15.4. The Balaban J connectivity index is 3.98. The topological polar surface area (TPSA) is 12.4 Å². The number of nitrogens with zero attached hydrogens (tertiary/aromatic N) is 1. The summed E-state index contributed by atoms with van der Waals surface area (Å²) >= 11 is 5.75. The van der Waals surface area contributed by atoms with E-state index in [1.807, 2.05) is 6.08 Å². The second kappa shape index (κ2) is 6.17. The van der Waals surface area contributed by atoms with Gasteiger partial charge in [-0.25, -0.2) is 4.99 Å². The summed E-state index contributed by atoms with van der Waals surface area (Å²) in [5.41, 5.74) is 0. The molecule has 0 aliphatic rings. The van der Waals surface area contributed by atoms with Crippen molar-refractivity contribution < 1.29 is 0 Å². The average Bonchev–Trinajstić information content (AvgIpc) is 2.00. The Hall–Kier alpha value is -0.560. The lowest BCUT2D eigenvalue weighted by Crippen LogP contribution is -1.85.